The van der Waals surface area contributed by atoms with Gasteiger partial charge in [-0.1, -0.05) is 11.6 Å². The van der Waals surface area contributed by atoms with Crippen molar-refractivity contribution in [3.8, 4) is 5.69 Å². The third-order valence-corrected chi connectivity index (χ3v) is 3.58. The van der Waals surface area contributed by atoms with Crippen LogP contribution in [0.15, 0.2) is 27.8 Å². The van der Waals surface area contributed by atoms with Crippen LogP contribution >= 0.6 is 11.6 Å². The van der Waals surface area contributed by atoms with Gasteiger partial charge in [-0.05, 0) is 25.1 Å². The number of nitrogens with zero attached hydrogens (tertiary/aromatic N) is 1. The second-order valence-electron chi connectivity index (χ2n) is 4.91. The maximum absolute atomic E-state index is 12.9. The van der Waals surface area contributed by atoms with Crippen molar-refractivity contribution in [2.75, 3.05) is 0 Å². The number of benzene rings is 1. The van der Waals surface area contributed by atoms with Gasteiger partial charge in [-0.25, -0.2) is 9.36 Å². The summed E-state index contributed by atoms with van der Waals surface area (Å²) in [6.07, 6.45) is -5.46. The Bertz CT molecular complexity index is 931. The Morgan fingerprint density at radius 1 is 1.33 bits per heavy atom. The third-order valence-electron chi connectivity index (χ3n) is 3.25. The van der Waals surface area contributed by atoms with E-state index >= 15 is 0 Å². The predicted octanol–water partition coefficient (Wildman–Crippen LogP) is 2.13. The first-order valence-corrected chi connectivity index (χ1v) is 6.84. The number of nitrogens with one attached hydrogen (secondary N) is 1. The number of H-pyrrole nitrogens is 1. The molecule has 0 spiro atoms. The van der Waals surface area contributed by atoms with Crippen molar-refractivity contribution < 1.29 is 23.1 Å². The van der Waals surface area contributed by atoms with Crippen molar-refractivity contribution in [3.63, 3.8) is 0 Å². The lowest BCUT2D eigenvalue weighted by Crippen LogP contribution is -2.37. The quantitative estimate of drug-likeness (QED) is 0.875. The highest BCUT2D eigenvalue weighted by Gasteiger charge is 2.33. The van der Waals surface area contributed by atoms with E-state index in [1.54, 1.807) is 0 Å². The Kier molecular flexibility index (Phi) is 4.57. The lowest BCUT2D eigenvalue weighted by Gasteiger charge is -2.13. The van der Waals surface area contributed by atoms with Crippen LogP contribution in [0.2, 0.25) is 5.02 Å². The molecule has 2 aromatic rings. The smallest absolute Gasteiger partial charge is 0.417 e. The van der Waals surface area contributed by atoms with Gasteiger partial charge in [-0.3, -0.25) is 9.59 Å². The molecule has 0 fully saturated rings. The number of carbonyl (C=O) groups is 1. The number of aryl methyl sites for hydroxylation is 1. The summed E-state index contributed by atoms with van der Waals surface area (Å²) in [5.41, 5.74) is -3.77. The van der Waals surface area contributed by atoms with E-state index in [-0.39, 0.29) is 16.9 Å². The minimum Gasteiger partial charge on any atom is -0.481 e. The van der Waals surface area contributed by atoms with Gasteiger partial charge in [0.25, 0.3) is 5.56 Å². The van der Waals surface area contributed by atoms with Gasteiger partial charge >= 0.3 is 17.8 Å². The van der Waals surface area contributed by atoms with Crippen LogP contribution in [0.4, 0.5) is 13.2 Å². The van der Waals surface area contributed by atoms with Gasteiger partial charge in [0.1, 0.15) is 0 Å². The van der Waals surface area contributed by atoms with Gasteiger partial charge in [0, 0.05) is 11.3 Å². The fourth-order valence-corrected chi connectivity index (χ4v) is 2.37. The molecule has 0 atom stereocenters. The fourth-order valence-electron chi connectivity index (χ4n) is 2.14. The molecular weight excluding hydrogens is 353 g/mol. The molecule has 0 aliphatic heterocycles. The number of alkyl halides is 3. The Balaban J connectivity index is 2.77. The lowest BCUT2D eigenvalue weighted by molar-refractivity contribution is -0.138. The molecule has 1 aromatic carbocycles. The molecule has 128 valence electrons. The van der Waals surface area contributed by atoms with Crippen molar-refractivity contribution in [2.45, 2.75) is 19.5 Å². The van der Waals surface area contributed by atoms with Gasteiger partial charge in [-0.15, -0.1) is 0 Å². The first-order chi connectivity index (χ1) is 11.0. The second-order valence-corrected chi connectivity index (χ2v) is 5.31. The molecule has 0 bridgehead atoms. The zero-order valence-electron chi connectivity index (χ0n) is 12.1. The molecule has 24 heavy (non-hydrogen) atoms. The van der Waals surface area contributed by atoms with E-state index in [2.05, 4.69) is 4.98 Å². The monoisotopic (exact) mass is 362 g/mol. The number of hydrogen-bond acceptors (Lipinski definition) is 3. The number of aromatic nitrogens is 2. The summed E-state index contributed by atoms with van der Waals surface area (Å²) in [7, 11) is 0. The van der Waals surface area contributed by atoms with Crippen molar-refractivity contribution >= 4 is 17.6 Å². The normalized spacial score (nSPS) is 11.5. The fraction of sp³-hybridized carbons (Fsp3) is 0.214. The predicted molar refractivity (Wildman–Crippen MR) is 78.7 cm³/mol. The van der Waals surface area contributed by atoms with Crippen LogP contribution in [0.1, 0.15) is 16.8 Å². The van der Waals surface area contributed by atoms with E-state index in [0.717, 1.165) is 12.1 Å². The van der Waals surface area contributed by atoms with Gasteiger partial charge in [0.2, 0.25) is 0 Å². The molecule has 1 aromatic heterocycles. The van der Waals surface area contributed by atoms with Crippen molar-refractivity contribution in [1.82, 2.24) is 9.55 Å². The first kappa shape index (κ1) is 17.8. The van der Waals surface area contributed by atoms with Crippen LogP contribution in [-0.2, 0) is 17.4 Å². The van der Waals surface area contributed by atoms with E-state index in [9.17, 15) is 27.6 Å². The summed E-state index contributed by atoms with van der Waals surface area (Å²) in [4.78, 5) is 37.4. The average Bonchev–Trinajstić information content (AvgIpc) is 2.43. The van der Waals surface area contributed by atoms with E-state index in [1.807, 2.05) is 0 Å². The summed E-state index contributed by atoms with van der Waals surface area (Å²) < 4.78 is 39.2. The standard InChI is InChI=1S/C14H10ClF3N2O4/c1-6-8(5-11(21)22)12(23)20(13(24)19-6)7-2-3-10(15)9(4-7)14(16,17)18/h2-4H,5H2,1H3,(H,19,24)(H,21,22). The molecule has 0 aliphatic rings. The first-order valence-electron chi connectivity index (χ1n) is 6.46. The molecule has 0 aliphatic carbocycles. The average molecular weight is 363 g/mol. The van der Waals surface area contributed by atoms with E-state index in [0.29, 0.717) is 10.6 Å². The summed E-state index contributed by atoms with van der Waals surface area (Å²) in [5, 5.41) is 8.24. The number of carboxylic acid groups (broad SMARTS) is 1. The molecular formula is C14H10ClF3N2O4. The van der Waals surface area contributed by atoms with Crippen LogP contribution in [0.25, 0.3) is 5.69 Å². The van der Waals surface area contributed by atoms with Crippen LogP contribution < -0.4 is 11.2 Å². The summed E-state index contributed by atoms with van der Waals surface area (Å²) in [5.74, 6) is -1.32. The number of hydrogen-bond donors (Lipinski definition) is 2. The third kappa shape index (κ3) is 3.35. The second kappa shape index (κ2) is 6.16. The molecule has 1 heterocycles. The molecule has 0 unspecified atom stereocenters. The van der Waals surface area contributed by atoms with Crippen molar-refractivity contribution in [1.29, 1.82) is 0 Å². The van der Waals surface area contributed by atoms with E-state index in [1.165, 1.54) is 6.92 Å². The summed E-state index contributed by atoms with van der Waals surface area (Å²) >= 11 is 5.50. The van der Waals surface area contributed by atoms with Crippen LogP contribution in [0.3, 0.4) is 0 Å². The Labute approximate surface area is 137 Å². The van der Waals surface area contributed by atoms with Gasteiger partial charge < -0.3 is 10.1 Å². The van der Waals surface area contributed by atoms with E-state index < -0.39 is 40.4 Å². The Hall–Kier alpha value is -2.55. The minimum atomic E-state index is -4.78. The zero-order chi connectivity index (χ0) is 18.2. The highest BCUT2D eigenvalue weighted by molar-refractivity contribution is 6.31. The highest BCUT2D eigenvalue weighted by Crippen LogP contribution is 2.35. The molecule has 0 radical (unpaired) electrons. The summed E-state index contributed by atoms with van der Waals surface area (Å²) in [6.45, 7) is 1.33. The Morgan fingerprint density at radius 3 is 2.50 bits per heavy atom. The van der Waals surface area contributed by atoms with Gasteiger partial charge in [0.15, 0.2) is 0 Å². The number of aromatic amines is 1. The SMILES string of the molecule is Cc1[nH]c(=O)n(-c2ccc(Cl)c(C(F)(F)F)c2)c(=O)c1CC(=O)O. The molecule has 2 rings (SSSR count). The number of carboxylic acids is 1. The molecule has 0 amide bonds. The Morgan fingerprint density at radius 2 is 1.96 bits per heavy atom. The molecule has 10 heteroatoms. The highest BCUT2D eigenvalue weighted by atomic mass is 35.5. The van der Waals surface area contributed by atoms with Crippen molar-refractivity contribution in [2.24, 2.45) is 0 Å². The van der Waals surface area contributed by atoms with Gasteiger partial charge in [-0.2, -0.15) is 13.2 Å². The summed E-state index contributed by atoms with van der Waals surface area (Å²) in [6, 6.07) is 2.52. The van der Waals surface area contributed by atoms with Crippen LogP contribution in [-0.4, -0.2) is 20.6 Å². The number of halogens is 4. The molecule has 0 saturated carbocycles. The van der Waals surface area contributed by atoms with Gasteiger partial charge in [0.05, 0.1) is 22.7 Å². The molecule has 2 N–H and O–H groups in total. The van der Waals surface area contributed by atoms with E-state index in [4.69, 9.17) is 16.7 Å². The topological polar surface area (TPSA) is 92.2 Å². The van der Waals surface area contributed by atoms with Crippen LogP contribution in [0.5, 0.6) is 0 Å². The zero-order valence-corrected chi connectivity index (χ0v) is 12.8. The lowest BCUT2D eigenvalue weighted by atomic mass is 10.1. The maximum atomic E-state index is 12.9. The number of rotatable bonds is 3. The molecule has 6 nitrogen and oxygen atoms in total. The largest absolute Gasteiger partial charge is 0.481 e. The number of aliphatic carboxylic acids is 1. The molecule has 0 saturated heterocycles. The van der Waals surface area contributed by atoms with Crippen LogP contribution in [0, 0.1) is 6.92 Å². The van der Waals surface area contributed by atoms with Crippen molar-refractivity contribution in [3.05, 3.63) is 60.9 Å². The maximum Gasteiger partial charge on any atom is 0.417 e. The minimum absolute atomic E-state index is 0.0358.